The third-order valence-corrected chi connectivity index (χ3v) is 7.20. The third-order valence-electron chi connectivity index (χ3n) is 5.95. The van der Waals surface area contributed by atoms with Crippen LogP contribution in [0.15, 0.2) is 71.1 Å². The van der Waals surface area contributed by atoms with Gasteiger partial charge in [0.25, 0.3) is 11.8 Å². The number of amides is 4. The fourth-order valence-electron chi connectivity index (χ4n) is 3.71. The molecule has 0 atom stereocenters. The first-order chi connectivity index (χ1) is 17.5. The molecule has 9 nitrogen and oxygen atoms in total. The Kier molecular flexibility index (Phi) is 6.86. The number of hydrogen-bond acceptors (Lipinski definition) is 7. The van der Waals surface area contributed by atoms with Gasteiger partial charge in [-0.3, -0.25) is 14.9 Å². The van der Waals surface area contributed by atoms with Crippen molar-refractivity contribution in [3.63, 3.8) is 0 Å². The van der Waals surface area contributed by atoms with Gasteiger partial charge in [0, 0.05) is 11.6 Å². The summed E-state index contributed by atoms with van der Waals surface area (Å²) in [5, 5.41) is 2.17. The van der Waals surface area contributed by atoms with Crippen LogP contribution >= 0.6 is 0 Å². The van der Waals surface area contributed by atoms with Crippen molar-refractivity contribution in [2.24, 2.45) is 0 Å². The maximum atomic E-state index is 13.4. The summed E-state index contributed by atoms with van der Waals surface area (Å²) in [6.45, 7) is 5.42. The number of imide groups is 2. The number of anilines is 1. The minimum atomic E-state index is -4.25. The molecule has 1 fully saturated rings. The van der Waals surface area contributed by atoms with Crippen LogP contribution in [0.4, 0.5) is 10.5 Å². The fraction of sp³-hybridized carbons (Fsp3) is 0.148. The third kappa shape index (κ3) is 5.10. The first kappa shape index (κ1) is 25.6. The summed E-state index contributed by atoms with van der Waals surface area (Å²) in [6, 6.07) is 14.6. The zero-order chi connectivity index (χ0) is 26.9. The van der Waals surface area contributed by atoms with Crippen LogP contribution in [0, 0.1) is 20.8 Å². The standard InChI is InChI=1S/C27H24N2O7S/c1-16-8-12-21(13-9-16)37(33,34)36-24-15-20(35-4)11-10-19(24)14-22-25(30)28-27(32)29(26(22)31)23-7-5-6-17(2)18(23)3/h5-15H,1-4H3,(H,28,30,32)/b22-14+. The van der Waals surface area contributed by atoms with Gasteiger partial charge in [0.15, 0.2) is 5.75 Å². The number of carbonyl (C=O) groups excluding carboxylic acids is 3. The Hall–Kier alpha value is -4.44. The largest absolute Gasteiger partial charge is 0.497 e. The number of methoxy groups -OCH3 is 1. The molecule has 37 heavy (non-hydrogen) atoms. The summed E-state index contributed by atoms with van der Waals surface area (Å²) >= 11 is 0. The summed E-state index contributed by atoms with van der Waals surface area (Å²) in [7, 11) is -2.85. The number of carbonyl (C=O) groups is 3. The molecule has 3 aromatic carbocycles. The highest BCUT2D eigenvalue weighted by Crippen LogP contribution is 2.32. The lowest BCUT2D eigenvalue weighted by molar-refractivity contribution is -0.122. The van der Waals surface area contributed by atoms with Gasteiger partial charge in [-0.25, -0.2) is 9.69 Å². The highest BCUT2D eigenvalue weighted by molar-refractivity contribution is 7.87. The van der Waals surface area contributed by atoms with Gasteiger partial charge in [-0.1, -0.05) is 29.8 Å². The second-order valence-electron chi connectivity index (χ2n) is 8.43. The Morgan fingerprint density at radius 2 is 1.62 bits per heavy atom. The molecule has 0 unspecified atom stereocenters. The van der Waals surface area contributed by atoms with Crippen molar-refractivity contribution in [3.05, 3.63) is 88.5 Å². The van der Waals surface area contributed by atoms with Crippen molar-refractivity contribution >= 4 is 39.7 Å². The van der Waals surface area contributed by atoms with Crippen LogP contribution < -0.4 is 19.1 Å². The molecule has 0 radical (unpaired) electrons. The number of nitrogens with zero attached hydrogens (tertiary/aromatic N) is 1. The van der Waals surface area contributed by atoms with Crippen LogP contribution in [0.3, 0.4) is 0 Å². The zero-order valence-corrected chi connectivity index (χ0v) is 21.4. The van der Waals surface area contributed by atoms with Crippen LogP contribution in [0.25, 0.3) is 6.08 Å². The SMILES string of the molecule is COc1ccc(/C=C2\C(=O)NC(=O)N(c3cccc(C)c3C)C2=O)c(OS(=O)(=O)c2ccc(C)cc2)c1. The van der Waals surface area contributed by atoms with Crippen molar-refractivity contribution in [2.75, 3.05) is 12.0 Å². The van der Waals surface area contributed by atoms with Crippen molar-refractivity contribution < 1.29 is 31.7 Å². The monoisotopic (exact) mass is 520 g/mol. The van der Waals surface area contributed by atoms with Crippen molar-refractivity contribution in [3.8, 4) is 11.5 Å². The van der Waals surface area contributed by atoms with Crippen LogP contribution in [0.1, 0.15) is 22.3 Å². The van der Waals surface area contributed by atoms with E-state index in [-0.39, 0.29) is 21.8 Å². The Morgan fingerprint density at radius 3 is 2.30 bits per heavy atom. The van der Waals surface area contributed by atoms with Crippen LogP contribution in [0.2, 0.25) is 0 Å². The van der Waals surface area contributed by atoms with Gasteiger partial charge in [-0.15, -0.1) is 0 Å². The van der Waals surface area contributed by atoms with E-state index >= 15 is 0 Å². The van der Waals surface area contributed by atoms with E-state index in [1.807, 2.05) is 19.9 Å². The Morgan fingerprint density at radius 1 is 0.919 bits per heavy atom. The van der Waals surface area contributed by atoms with E-state index < -0.39 is 28.0 Å². The number of ether oxygens (including phenoxy) is 1. The number of barbiturate groups is 1. The Balaban J connectivity index is 1.78. The van der Waals surface area contributed by atoms with Gasteiger partial charge in [0.05, 0.1) is 12.8 Å². The summed E-state index contributed by atoms with van der Waals surface area (Å²) in [5.41, 5.74) is 2.49. The van der Waals surface area contributed by atoms with Gasteiger partial charge in [0.1, 0.15) is 16.2 Å². The molecule has 4 rings (SSSR count). The predicted molar refractivity (Wildman–Crippen MR) is 137 cm³/mol. The molecule has 3 aromatic rings. The number of nitrogens with one attached hydrogen (secondary N) is 1. The van der Waals surface area contributed by atoms with E-state index in [1.165, 1.54) is 43.5 Å². The number of urea groups is 1. The van der Waals surface area contributed by atoms with E-state index in [0.717, 1.165) is 16.0 Å². The van der Waals surface area contributed by atoms with Gasteiger partial charge in [-0.05, 0) is 68.3 Å². The smallest absolute Gasteiger partial charge is 0.339 e. The molecule has 1 aliphatic rings. The molecular weight excluding hydrogens is 496 g/mol. The van der Waals surface area contributed by atoms with Gasteiger partial charge < -0.3 is 8.92 Å². The lowest BCUT2D eigenvalue weighted by Gasteiger charge is -2.28. The summed E-state index contributed by atoms with van der Waals surface area (Å²) < 4.78 is 36.5. The molecule has 0 spiro atoms. The minimum Gasteiger partial charge on any atom is -0.497 e. The second-order valence-corrected chi connectivity index (χ2v) is 9.98. The first-order valence-electron chi connectivity index (χ1n) is 11.2. The lowest BCUT2D eigenvalue weighted by atomic mass is 10.0. The maximum Gasteiger partial charge on any atom is 0.339 e. The quantitative estimate of drug-likeness (QED) is 0.296. The van der Waals surface area contributed by atoms with E-state index in [4.69, 9.17) is 8.92 Å². The lowest BCUT2D eigenvalue weighted by Crippen LogP contribution is -2.54. The van der Waals surface area contributed by atoms with Gasteiger partial charge in [0.2, 0.25) is 0 Å². The first-order valence-corrected chi connectivity index (χ1v) is 12.6. The molecule has 1 heterocycles. The van der Waals surface area contributed by atoms with Gasteiger partial charge >= 0.3 is 16.1 Å². The molecular formula is C27H24N2O7S. The van der Waals surface area contributed by atoms with Gasteiger partial charge in [-0.2, -0.15) is 8.42 Å². The molecule has 1 N–H and O–H groups in total. The number of rotatable bonds is 6. The van der Waals surface area contributed by atoms with Crippen LogP contribution in [0.5, 0.6) is 11.5 Å². The van der Waals surface area contributed by atoms with Crippen LogP contribution in [-0.2, 0) is 19.7 Å². The van der Waals surface area contributed by atoms with E-state index in [9.17, 15) is 22.8 Å². The maximum absolute atomic E-state index is 13.4. The average molecular weight is 521 g/mol. The van der Waals surface area contributed by atoms with E-state index in [1.54, 1.807) is 31.2 Å². The molecule has 0 aromatic heterocycles. The Bertz CT molecular complexity index is 1560. The summed E-state index contributed by atoms with van der Waals surface area (Å²) in [4.78, 5) is 39.5. The fourth-order valence-corrected chi connectivity index (χ4v) is 4.66. The van der Waals surface area contributed by atoms with E-state index in [0.29, 0.717) is 17.0 Å². The molecule has 0 bridgehead atoms. The number of hydrogen-bond donors (Lipinski definition) is 1. The molecule has 1 aliphatic heterocycles. The second kappa shape index (κ2) is 9.90. The van der Waals surface area contributed by atoms with Crippen molar-refractivity contribution in [1.29, 1.82) is 0 Å². The van der Waals surface area contributed by atoms with Crippen molar-refractivity contribution in [1.82, 2.24) is 5.32 Å². The minimum absolute atomic E-state index is 0.0716. The average Bonchev–Trinajstić information content (AvgIpc) is 2.85. The van der Waals surface area contributed by atoms with Crippen molar-refractivity contribution in [2.45, 2.75) is 25.7 Å². The molecule has 0 saturated carbocycles. The predicted octanol–water partition coefficient (Wildman–Crippen LogP) is 4.05. The number of aryl methyl sites for hydroxylation is 2. The molecule has 0 aliphatic carbocycles. The van der Waals surface area contributed by atoms with E-state index in [2.05, 4.69) is 5.32 Å². The highest BCUT2D eigenvalue weighted by Gasteiger charge is 2.37. The molecule has 10 heteroatoms. The highest BCUT2D eigenvalue weighted by atomic mass is 32.2. The topological polar surface area (TPSA) is 119 Å². The van der Waals surface area contributed by atoms with Crippen LogP contribution in [-0.4, -0.2) is 33.4 Å². The zero-order valence-electron chi connectivity index (χ0n) is 20.6. The summed E-state index contributed by atoms with van der Waals surface area (Å²) in [5.74, 6) is -1.64. The molecule has 190 valence electrons. The normalized spacial score (nSPS) is 15.1. The number of benzene rings is 3. The molecule has 4 amide bonds. The summed E-state index contributed by atoms with van der Waals surface area (Å²) in [6.07, 6.45) is 1.18. The Labute approximate surface area is 214 Å². The molecule has 1 saturated heterocycles.